The first-order valence-corrected chi connectivity index (χ1v) is 7.88. The van der Waals surface area contributed by atoms with Crippen molar-refractivity contribution in [3.05, 3.63) is 59.7 Å². The van der Waals surface area contributed by atoms with Gasteiger partial charge >= 0.3 is 11.8 Å². The lowest BCUT2D eigenvalue weighted by molar-refractivity contribution is -0.136. The van der Waals surface area contributed by atoms with Crippen molar-refractivity contribution in [3.8, 4) is 5.75 Å². The molecular weight excluding hydrogens is 318 g/mol. The number of carbonyl (C=O) groups is 2. The van der Waals surface area contributed by atoms with Gasteiger partial charge in [-0.2, -0.15) is 5.10 Å². The fraction of sp³-hybridized carbons (Fsp3) is 0.211. The van der Waals surface area contributed by atoms with E-state index < -0.39 is 11.8 Å². The van der Waals surface area contributed by atoms with E-state index in [9.17, 15) is 9.59 Å². The Morgan fingerprint density at radius 2 is 1.72 bits per heavy atom. The molecule has 2 amide bonds. The predicted molar refractivity (Wildman–Crippen MR) is 97.9 cm³/mol. The molecule has 6 nitrogen and oxygen atoms in total. The molecule has 0 bridgehead atoms. The second-order valence-electron chi connectivity index (χ2n) is 5.67. The molecule has 0 unspecified atom stereocenters. The molecule has 0 saturated heterocycles. The summed E-state index contributed by atoms with van der Waals surface area (Å²) in [7, 11) is 1.49. The number of methoxy groups -OCH3 is 1. The summed E-state index contributed by atoms with van der Waals surface area (Å²) in [5.74, 6) is -0.764. The van der Waals surface area contributed by atoms with Crippen LogP contribution in [-0.2, 0) is 9.59 Å². The number of ether oxygens (including phenoxy) is 1. The van der Waals surface area contributed by atoms with Gasteiger partial charge in [-0.3, -0.25) is 9.59 Å². The molecule has 6 heteroatoms. The second-order valence-corrected chi connectivity index (χ2v) is 5.67. The molecule has 0 fully saturated rings. The summed E-state index contributed by atoms with van der Waals surface area (Å²) in [5.41, 5.74) is 4.67. The Kier molecular flexibility index (Phi) is 6.28. The molecule has 0 aliphatic heterocycles. The van der Waals surface area contributed by atoms with Crippen LogP contribution in [0.25, 0.3) is 0 Å². The molecule has 25 heavy (non-hydrogen) atoms. The van der Waals surface area contributed by atoms with E-state index in [1.165, 1.54) is 18.9 Å². The first-order valence-electron chi connectivity index (χ1n) is 7.88. The number of amides is 2. The Balaban J connectivity index is 1.91. The van der Waals surface area contributed by atoms with Gasteiger partial charge in [0.25, 0.3) is 0 Å². The third-order valence-electron chi connectivity index (χ3n) is 3.54. The number of carbonyl (C=O) groups excluding carboxylic acids is 2. The zero-order valence-corrected chi connectivity index (χ0v) is 14.4. The number of hydrogen-bond acceptors (Lipinski definition) is 4. The van der Waals surface area contributed by atoms with Crippen LogP contribution in [0.1, 0.15) is 30.9 Å². The number of anilines is 1. The highest BCUT2D eigenvalue weighted by Gasteiger charge is 2.14. The first kappa shape index (κ1) is 18.2. The van der Waals surface area contributed by atoms with E-state index in [0.29, 0.717) is 17.4 Å². The molecule has 0 aliphatic rings. The third-order valence-corrected chi connectivity index (χ3v) is 3.54. The first-order chi connectivity index (χ1) is 12.0. The van der Waals surface area contributed by atoms with Gasteiger partial charge in [0.2, 0.25) is 0 Å². The minimum Gasteiger partial charge on any atom is -0.495 e. The minimum absolute atomic E-state index is 0.415. The van der Waals surface area contributed by atoms with Gasteiger partial charge in [0.05, 0.1) is 19.0 Å². The second kappa shape index (κ2) is 8.63. The third kappa shape index (κ3) is 5.17. The summed E-state index contributed by atoms with van der Waals surface area (Å²) >= 11 is 0. The summed E-state index contributed by atoms with van der Waals surface area (Å²) in [6, 6.07) is 14.6. The average molecular weight is 339 g/mol. The lowest BCUT2D eigenvalue weighted by Gasteiger charge is -2.08. The number of hydrogen-bond donors (Lipinski definition) is 2. The Bertz CT molecular complexity index is 768. The molecular formula is C19H21N3O3. The standard InChI is InChI=1S/C19H21N3O3/c1-13(2)15-10-8-14(9-11-15)12-20-22-19(24)18(23)21-16-6-4-5-7-17(16)25-3/h4-13H,1-3H3,(H,21,23)(H,22,24)/b20-12+. The Labute approximate surface area is 146 Å². The van der Waals surface area contributed by atoms with Crippen LogP contribution in [0.2, 0.25) is 0 Å². The SMILES string of the molecule is COc1ccccc1NC(=O)C(=O)N/N=C/c1ccc(C(C)C)cc1. The lowest BCUT2D eigenvalue weighted by atomic mass is 10.0. The van der Waals surface area contributed by atoms with E-state index in [1.54, 1.807) is 24.3 Å². The summed E-state index contributed by atoms with van der Waals surface area (Å²) in [4.78, 5) is 23.7. The monoisotopic (exact) mass is 339 g/mol. The zero-order chi connectivity index (χ0) is 18.2. The maximum Gasteiger partial charge on any atom is 0.329 e. The highest BCUT2D eigenvalue weighted by molar-refractivity contribution is 6.39. The molecule has 0 aliphatic carbocycles. The summed E-state index contributed by atoms with van der Waals surface area (Å²) < 4.78 is 5.12. The fourth-order valence-electron chi connectivity index (χ4n) is 2.11. The highest BCUT2D eigenvalue weighted by Crippen LogP contribution is 2.22. The molecule has 2 rings (SSSR count). The summed E-state index contributed by atoms with van der Waals surface area (Å²) in [5, 5.41) is 6.28. The molecule has 2 N–H and O–H groups in total. The van der Waals surface area contributed by atoms with Gasteiger partial charge in [-0.05, 0) is 29.2 Å². The fourth-order valence-corrected chi connectivity index (χ4v) is 2.11. The molecule has 0 atom stereocenters. The van der Waals surface area contributed by atoms with Crippen molar-refractivity contribution < 1.29 is 14.3 Å². The van der Waals surface area contributed by atoms with Crippen LogP contribution >= 0.6 is 0 Å². The van der Waals surface area contributed by atoms with Crippen LogP contribution in [0, 0.1) is 0 Å². The van der Waals surface area contributed by atoms with Crippen LogP contribution < -0.4 is 15.5 Å². The van der Waals surface area contributed by atoms with Crippen molar-refractivity contribution in [2.24, 2.45) is 5.10 Å². The molecule has 0 aromatic heterocycles. The van der Waals surface area contributed by atoms with Crippen molar-refractivity contribution in [3.63, 3.8) is 0 Å². The van der Waals surface area contributed by atoms with Crippen molar-refractivity contribution >= 4 is 23.7 Å². The summed E-state index contributed by atoms with van der Waals surface area (Å²) in [6.45, 7) is 4.23. The van der Waals surface area contributed by atoms with Gasteiger partial charge < -0.3 is 10.1 Å². The van der Waals surface area contributed by atoms with E-state index in [1.807, 2.05) is 24.3 Å². The zero-order valence-electron chi connectivity index (χ0n) is 14.4. The molecule has 0 radical (unpaired) electrons. The van der Waals surface area contributed by atoms with Crippen molar-refractivity contribution in [1.82, 2.24) is 5.43 Å². The topological polar surface area (TPSA) is 79.8 Å². The van der Waals surface area contributed by atoms with Gasteiger partial charge in [0, 0.05) is 0 Å². The van der Waals surface area contributed by atoms with Crippen LogP contribution in [0.4, 0.5) is 5.69 Å². The maximum absolute atomic E-state index is 11.9. The number of nitrogens with one attached hydrogen (secondary N) is 2. The van der Waals surface area contributed by atoms with Gasteiger partial charge in [-0.25, -0.2) is 5.43 Å². The quantitative estimate of drug-likeness (QED) is 0.499. The van der Waals surface area contributed by atoms with Crippen LogP contribution in [0.5, 0.6) is 5.75 Å². The molecule has 0 heterocycles. The number of benzene rings is 2. The Morgan fingerprint density at radius 1 is 1.04 bits per heavy atom. The number of para-hydroxylation sites is 2. The van der Waals surface area contributed by atoms with Gasteiger partial charge in [0.15, 0.2) is 0 Å². The van der Waals surface area contributed by atoms with E-state index >= 15 is 0 Å². The Morgan fingerprint density at radius 3 is 2.36 bits per heavy atom. The van der Waals surface area contributed by atoms with Crippen LogP contribution in [-0.4, -0.2) is 25.1 Å². The van der Waals surface area contributed by atoms with Gasteiger partial charge in [0.1, 0.15) is 5.75 Å². The van der Waals surface area contributed by atoms with Crippen molar-refractivity contribution in [1.29, 1.82) is 0 Å². The van der Waals surface area contributed by atoms with E-state index in [2.05, 4.69) is 29.7 Å². The van der Waals surface area contributed by atoms with E-state index in [-0.39, 0.29) is 0 Å². The van der Waals surface area contributed by atoms with Gasteiger partial charge in [-0.15, -0.1) is 0 Å². The number of hydrazone groups is 1. The van der Waals surface area contributed by atoms with E-state index in [4.69, 9.17) is 4.74 Å². The number of rotatable bonds is 5. The molecule has 2 aromatic carbocycles. The van der Waals surface area contributed by atoms with Gasteiger partial charge in [-0.1, -0.05) is 50.2 Å². The molecule has 0 spiro atoms. The normalized spacial score (nSPS) is 10.7. The Hall–Kier alpha value is -3.15. The summed E-state index contributed by atoms with van der Waals surface area (Å²) in [6.07, 6.45) is 1.48. The minimum atomic E-state index is -0.860. The molecule has 130 valence electrons. The number of nitrogens with zero attached hydrogens (tertiary/aromatic N) is 1. The van der Waals surface area contributed by atoms with Crippen molar-refractivity contribution in [2.45, 2.75) is 19.8 Å². The smallest absolute Gasteiger partial charge is 0.329 e. The van der Waals surface area contributed by atoms with Crippen molar-refractivity contribution in [2.75, 3.05) is 12.4 Å². The van der Waals surface area contributed by atoms with Crippen LogP contribution in [0.3, 0.4) is 0 Å². The average Bonchev–Trinajstić information content (AvgIpc) is 2.62. The maximum atomic E-state index is 11.9. The molecule has 0 saturated carbocycles. The molecule has 2 aromatic rings. The highest BCUT2D eigenvalue weighted by atomic mass is 16.5. The van der Waals surface area contributed by atoms with E-state index in [0.717, 1.165) is 5.56 Å². The van der Waals surface area contributed by atoms with Crippen LogP contribution in [0.15, 0.2) is 53.6 Å². The predicted octanol–water partition coefficient (Wildman–Crippen LogP) is 2.91. The lowest BCUT2D eigenvalue weighted by Crippen LogP contribution is -2.32. The largest absolute Gasteiger partial charge is 0.495 e.